The molecule has 14 rings (SSSR count). The minimum Gasteiger partial charge on any atom is -0.505 e. The molecule has 0 spiro atoms. The van der Waals surface area contributed by atoms with Gasteiger partial charge in [-0.15, -0.1) is 0 Å². The zero-order valence-electron chi connectivity index (χ0n) is 51.9. The summed E-state index contributed by atoms with van der Waals surface area (Å²) in [5.41, 5.74) is 2.15. The predicted octanol–water partition coefficient (Wildman–Crippen LogP) is 15.0. The van der Waals surface area contributed by atoms with E-state index in [1.54, 1.807) is 90.4 Å². The fourth-order valence-corrected chi connectivity index (χ4v) is 9.64. The third-order valence-electron chi connectivity index (χ3n) is 14.7. The molecule has 3 amide bonds. The highest BCUT2D eigenvalue weighted by Crippen LogP contribution is 2.32. The molecule has 2 unspecified atom stereocenters. The van der Waals surface area contributed by atoms with Crippen LogP contribution in [0.4, 0.5) is 27.2 Å². The second-order valence-electron chi connectivity index (χ2n) is 22.2. The number of ether oxygens (including phenoxy) is 3. The van der Waals surface area contributed by atoms with Crippen molar-refractivity contribution in [1.82, 2.24) is 29.8 Å². The number of para-hydroxylation sites is 4. The van der Waals surface area contributed by atoms with Gasteiger partial charge in [-0.25, -0.2) is 50.6 Å². The topological polar surface area (TPSA) is 244 Å². The number of hydrazone groups is 2. The molecule has 0 radical (unpaired) electrons. The molecule has 5 heterocycles. The van der Waals surface area contributed by atoms with Crippen LogP contribution >= 0.6 is 10.7 Å². The molecular formula is C71H93ClF4N8O12S2. The molecule has 536 valence electrons. The first-order chi connectivity index (χ1) is 45.1. The Morgan fingerprint density at radius 3 is 1.22 bits per heavy atom. The molecule has 0 bridgehead atoms. The second kappa shape index (κ2) is 42.4. The van der Waals surface area contributed by atoms with Gasteiger partial charge in [-0.2, -0.15) is 18.6 Å². The number of aromatic hydroxyl groups is 1. The molecule has 6 aromatic carbocycles. The van der Waals surface area contributed by atoms with E-state index in [1.807, 2.05) is 60.7 Å². The predicted molar refractivity (Wildman–Crippen MR) is 377 cm³/mol. The molecule has 7 aromatic rings. The quantitative estimate of drug-likeness (QED) is 0.0655. The van der Waals surface area contributed by atoms with Crippen LogP contribution in [0.5, 0.6) is 23.0 Å². The van der Waals surface area contributed by atoms with Crippen LogP contribution in [0.25, 0.3) is 0 Å². The summed E-state index contributed by atoms with van der Waals surface area (Å²) in [4.78, 5) is 30.5. The Morgan fingerprint density at radius 2 is 0.908 bits per heavy atom. The average Bonchev–Trinajstić information content (AvgIpc) is 1.50. The number of amides is 3. The van der Waals surface area contributed by atoms with Crippen molar-refractivity contribution in [3.05, 3.63) is 211 Å². The Hall–Kier alpha value is -8.40. The van der Waals surface area contributed by atoms with E-state index in [0.717, 1.165) is 88.1 Å². The monoisotopic (exact) mass is 1420 g/mol. The number of likely N-dealkylation sites (tertiary alicyclic amines) is 1. The number of nitrogens with one attached hydrogen (secondary N) is 1. The third-order valence-corrected chi connectivity index (χ3v) is 15.4. The molecule has 3 N–H and O–H groups in total. The van der Waals surface area contributed by atoms with Crippen molar-refractivity contribution in [2.75, 3.05) is 38.7 Å². The Balaban J connectivity index is 0.000000306. The van der Waals surface area contributed by atoms with Gasteiger partial charge in [0.25, 0.3) is 10.1 Å². The van der Waals surface area contributed by atoms with Crippen LogP contribution in [0.2, 0.25) is 0 Å². The summed E-state index contributed by atoms with van der Waals surface area (Å²) < 4.78 is 114. The standard InChI is InChI=1S/C19H18FN3O2.C13H12N4O.C10H11FO.C9H10FNO.C6H5FO.C5H10O3S.C4H8O.CH3ClO2S.4CH4/c20-16-8-4-5-9-18(16)25-15-12-22(13-15)19(24)23-17(10-11-21-23)14-6-2-1-3-7-14;18-13(16-9-8-14-10-16)17-12(6-7-15-17)11-4-2-1-3-5-11;11-9-6-1-2-7-10(9)12-8-4-3-5-8;10-8-3-1-2-4-9(8)12-7-5-11-6-7;7-5-3-1-2-4-6(5)8;1-9(6,7)8-5-3-2-4-5;5-4-2-1-3-4;1-5(2,3)4;;;;/h1-9,11,15,17H,10,12-13H2;1-5,7-10,12H,6H2;1-2,6-8H,3-5H2;1-4,7,11H,5-6H2;1-4,8H;5H,2-4H2,1H3;4-5H,1-3H2;1H3;4*1H4. The maximum Gasteiger partial charge on any atom is 0.350 e. The summed E-state index contributed by atoms with van der Waals surface area (Å²) >= 11 is 0. The van der Waals surface area contributed by atoms with E-state index in [2.05, 4.69) is 35.4 Å². The molecule has 3 saturated carbocycles. The van der Waals surface area contributed by atoms with Crippen LogP contribution < -0.4 is 19.5 Å². The van der Waals surface area contributed by atoms with Crippen molar-refractivity contribution < 1.29 is 72.6 Å². The summed E-state index contributed by atoms with van der Waals surface area (Å²) in [7, 11) is -1.88. The number of phenols is 1. The van der Waals surface area contributed by atoms with E-state index in [-0.39, 0.29) is 113 Å². The van der Waals surface area contributed by atoms with Gasteiger partial charge in [0.1, 0.15) is 18.5 Å². The normalized spacial score (nSPS) is 17.2. The minimum atomic E-state index is -3.19. The number of aliphatic hydroxyl groups excluding tert-OH is 1. The van der Waals surface area contributed by atoms with Crippen LogP contribution in [0.15, 0.2) is 187 Å². The summed E-state index contributed by atoms with van der Waals surface area (Å²) in [6.45, 7) is 2.49. The molecule has 4 aliphatic heterocycles. The summed E-state index contributed by atoms with van der Waals surface area (Å²) in [6.07, 6.45) is 21.5. The molecule has 2 saturated heterocycles. The van der Waals surface area contributed by atoms with E-state index >= 15 is 0 Å². The number of aliphatic hydroxyl groups is 1. The minimum absolute atomic E-state index is 0. The lowest BCUT2D eigenvalue weighted by Crippen LogP contribution is -2.58. The van der Waals surface area contributed by atoms with Gasteiger partial charge in [-0.05, 0) is 117 Å². The van der Waals surface area contributed by atoms with Gasteiger partial charge in [0.15, 0.2) is 46.3 Å². The highest BCUT2D eigenvalue weighted by atomic mass is 35.7. The largest absolute Gasteiger partial charge is 0.505 e. The highest BCUT2D eigenvalue weighted by Gasteiger charge is 2.39. The Bertz CT molecular complexity index is 3660. The number of hydrogen-bond acceptors (Lipinski definition) is 16. The zero-order chi connectivity index (χ0) is 67.5. The molecule has 27 heteroatoms. The van der Waals surface area contributed by atoms with Crippen molar-refractivity contribution in [2.24, 2.45) is 10.2 Å². The number of nitrogens with zero attached hydrogens (tertiary/aromatic N) is 7. The lowest BCUT2D eigenvalue weighted by atomic mass is 9.96. The number of urea groups is 1. The lowest BCUT2D eigenvalue weighted by Gasteiger charge is -2.41. The maximum absolute atomic E-state index is 13.6. The number of rotatable bonds is 10. The first-order valence-corrected chi connectivity index (χ1v) is 35.0. The second-order valence-corrected chi connectivity index (χ2v) is 26.9. The van der Waals surface area contributed by atoms with Crippen LogP contribution in [0.3, 0.4) is 0 Å². The van der Waals surface area contributed by atoms with Gasteiger partial charge in [0.2, 0.25) is 9.05 Å². The summed E-state index contributed by atoms with van der Waals surface area (Å²) in [5.74, 6) is -0.846. The third kappa shape index (κ3) is 28.6. The molecule has 3 aliphatic carbocycles. The van der Waals surface area contributed by atoms with E-state index in [1.165, 1.54) is 70.2 Å². The molecule has 98 heavy (non-hydrogen) atoms. The highest BCUT2D eigenvalue weighted by molar-refractivity contribution is 8.13. The number of carbonyl (C=O) groups is 2. The smallest absolute Gasteiger partial charge is 0.350 e. The molecule has 1 aromatic heterocycles. The summed E-state index contributed by atoms with van der Waals surface area (Å²) in [6, 6.07) is 44.3. The van der Waals surface area contributed by atoms with Crippen molar-refractivity contribution >= 4 is 54.3 Å². The Kier molecular flexibility index (Phi) is 36.3. The SMILES string of the molecule is C.C.C.C.CS(=O)(=O)Cl.CS(=O)(=O)OC1CCC1.Fc1ccccc1OC1CCC1.Fc1ccccc1OC1CNC1.O=C(N1CC(Oc2ccccc2F)C1)N1N=CCC1c1ccccc1.O=C(N1N=CCC1c1ccccc1)n1ccnc1.OC1CCC1.Oc1ccccc1F. The number of hydrogen-bond donors (Lipinski definition) is 3. The van der Waals surface area contributed by atoms with Crippen LogP contribution in [0, 0.1) is 23.3 Å². The van der Waals surface area contributed by atoms with Crippen molar-refractivity contribution in [2.45, 2.75) is 143 Å². The van der Waals surface area contributed by atoms with Crippen molar-refractivity contribution in [3.8, 4) is 23.0 Å². The number of imidazole rings is 1. The van der Waals surface area contributed by atoms with Crippen LogP contribution in [-0.4, -0.2) is 145 Å². The first-order valence-electron chi connectivity index (χ1n) is 30.5. The fraction of sp³-hybridized carbons (Fsp3) is 0.394. The van der Waals surface area contributed by atoms with Gasteiger partial charge in [-0.1, -0.05) is 139 Å². The van der Waals surface area contributed by atoms with Crippen molar-refractivity contribution in [3.63, 3.8) is 0 Å². The van der Waals surface area contributed by atoms with Crippen LogP contribution in [0.1, 0.15) is 124 Å². The maximum atomic E-state index is 13.6. The van der Waals surface area contributed by atoms with Gasteiger partial charge in [-0.3, -0.25) is 8.75 Å². The first kappa shape index (κ1) is 83.8. The van der Waals surface area contributed by atoms with Crippen molar-refractivity contribution in [1.29, 1.82) is 0 Å². The zero-order valence-corrected chi connectivity index (χ0v) is 54.2. The molecular weight excluding hydrogens is 1330 g/mol. The molecule has 5 fully saturated rings. The number of phenolic OH excluding ortho intramolecular Hbond substituents is 1. The number of benzene rings is 6. The number of aromatic nitrogens is 2. The van der Waals surface area contributed by atoms with Gasteiger partial charge in [0, 0.05) is 61.4 Å². The molecule has 20 nitrogen and oxygen atoms in total. The van der Waals surface area contributed by atoms with E-state index < -0.39 is 25.0 Å². The Morgan fingerprint density at radius 1 is 0.531 bits per heavy atom. The van der Waals surface area contributed by atoms with Gasteiger partial charge < -0.3 is 34.6 Å². The molecule has 2 atom stereocenters. The lowest BCUT2D eigenvalue weighted by molar-refractivity contribution is 0.0257. The van der Waals surface area contributed by atoms with Crippen LogP contribution in [-0.2, 0) is 23.4 Å². The summed E-state index contributed by atoms with van der Waals surface area (Å²) in [5, 5.41) is 31.5. The van der Waals surface area contributed by atoms with Gasteiger partial charge >= 0.3 is 12.1 Å². The fourth-order valence-electron chi connectivity index (χ4n) is 8.95. The van der Waals surface area contributed by atoms with Gasteiger partial charge in [0.05, 0.1) is 56.0 Å². The average molecular weight is 1430 g/mol. The number of carbonyl (C=O) groups excluding carboxylic acids is 2. The van der Waals surface area contributed by atoms with E-state index in [9.17, 15) is 44.0 Å². The molecule has 7 aliphatic rings. The van der Waals surface area contributed by atoms with E-state index in [4.69, 9.17) is 24.4 Å². The van der Waals surface area contributed by atoms with E-state index in [0.29, 0.717) is 31.0 Å². The Labute approximate surface area is 579 Å². The number of halogens is 5.